The molecule has 0 bridgehead atoms. The van der Waals surface area contributed by atoms with Crippen molar-refractivity contribution in [3.05, 3.63) is 78.4 Å². The lowest BCUT2D eigenvalue weighted by atomic mass is 9.86. The Balaban J connectivity index is 0.000000948. The zero-order valence-electron chi connectivity index (χ0n) is 16.3. The van der Waals surface area contributed by atoms with E-state index in [4.69, 9.17) is 4.74 Å². The lowest BCUT2D eigenvalue weighted by Crippen LogP contribution is -2.17. The Labute approximate surface area is 157 Å². The van der Waals surface area contributed by atoms with E-state index in [0.717, 1.165) is 28.6 Å². The average molecular weight is 345 g/mol. The van der Waals surface area contributed by atoms with Crippen LogP contribution in [0.15, 0.2) is 72.8 Å². The van der Waals surface area contributed by atoms with E-state index in [1.807, 2.05) is 38.1 Å². The highest BCUT2D eigenvalue weighted by Gasteiger charge is 2.27. The van der Waals surface area contributed by atoms with Gasteiger partial charge in [0.05, 0.1) is 11.4 Å². The summed E-state index contributed by atoms with van der Waals surface area (Å²) in [7, 11) is 0. The second-order valence-electron chi connectivity index (χ2n) is 7.17. The lowest BCUT2D eigenvalue weighted by molar-refractivity contribution is 0.473. The Morgan fingerprint density at radius 1 is 0.692 bits per heavy atom. The van der Waals surface area contributed by atoms with E-state index in [0.29, 0.717) is 0 Å². The third kappa shape index (κ3) is 3.32. The summed E-state index contributed by atoms with van der Waals surface area (Å²) in [5.41, 5.74) is 4.65. The molecule has 0 atom stereocenters. The number of hydrogen-bond donors (Lipinski definition) is 0. The first kappa shape index (κ1) is 18.1. The molecule has 0 N–H and O–H groups in total. The van der Waals surface area contributed by atoms with Gasteiger partial charge in [-0.3, -0.25) is 0 Å². The summed E-state index contributed by atoms with van der Waals surface area (Å²) in [5, 5.41) is 0. The van der Waals surface area contributed by atoms with E-state index >= 15 is 0 Å². The maximum Gasteiger partial charge on any atom is 0.151 e. The molecule has 1 heterocycles. The van der Waals surface area contributed by atoms with E-state index < -0.39 is 0 Å². The SMILES string of the molecule is CC.CC(C)(C)c1ccc2c(c1)Oc1ccccc1N2c1ccccc1. The molecule has 0 saturated heterocycles. The number of ether oxygens (including phenoxy) is 1. The topological polar surface area (TPSA) is 12.5 Å². The molecule has 1 aliphatic heterocycles. The molecule has 2 heteroatoms. The van der Waals surface area contributed by atoms with Gasteiger partial charge in [-0.15, -0.1) is 0 Å². The first-order valence-electron chi connectivity index (χ1n) is 9.31. The molecule has 0 aliphatic carbocycles. The van der Waals surface area contributed by atoms with Gasteiger partial charge in [0.1, 0.15) is 0 Å². The first-order chi connectivity index (χ1) is 12.5. The van der Waals surface area contributed by atoms with Crippen molar-refractivity contribution >= 4 is 17.1 Å². The number of anilines is 3. The summed E-state index contributed by atoms with van der Waals surface area (Å²) in [6.07, 6.45) is 0. The number of nitrogens with zero attached hydrogens (tertiary/aromatic N) is 1. The van der Waals surface area contributed by atoms with Gasteiger partial charge in [-0.25, -0.2) is 0 Å². The van der Waals surface area contributed by atoms with E-state index in [2.05, 4.69) is 74.2 Å². The molecule has 0 unspecified atom stereocenters. The number of benzene rings is 3. The molecule has 1 aliphatic rings. The second kappa shape index (κ2) is 7.25. The first-order valence-corrected chi connectivity index (χ1v) is 9.31. The highest BCUT2D eigenvalue weighted by Crippen LogP contribution is 2.50. The predicted molar refractivity (Wildman–Crippen MR) is 111 cm³/mol. The van der Waals surface area contributed by atoms with E-state index in [9.17, 15) is 0 Å². The average Bonchev–Trinajstić information content (AvgIpc) is 2.67. The number of hydrogen-bond acceptors (Lipinski definition) is 2. The molecule has 0 radical (unpaired) electrons. The summed E-state index contributed by atoms with van der Waals surface area (Å²) in [6.45, 7) is 10.7. The molecule has 3 aromatic carbocycles. The minimum absolute atomic E-state index is 0.0902. The predicted octanol–water partition coefficient (Wildman–Crippen LogP) is 7.59. The van der Waals surface area contributed by atoms with Gasteiger partial charge in [0.25, 0.3) is 0 Å². The van der Waals surface area contributed by atoms with Crippen LogP contribution < -0.4 is 9.64 Å². The van der Waals surface area contributed by atoms with Gasteiger partial charge >= 0.3 is 0 Å². The maximum atomic E-state index is 6.22. The Morgan fingerprint density at radius 2 is 1.31 bits per heavy atom. The molecule has 26 heavy (non-hydrogen) atoms. The van der Waals surface area contributed by atoms with Gasteiger partial charge in [0.2, 0.25) is 0 Å². The summed E-state index contributed by atoms with van der Waals surface area (Å²) >= 11 is 0. The molecular weight excluding hydrogens is 318 g/mol. The van der Waals surface area contributed by atoms with Crippen molar-refractivity contribution in [3.8, 4) is 11.5 Å². The van der Waals surface area contributed by atoms with E-state index in [-0.39, 0.29) is 5.41 Å². The third-order valence-electron chi connectivity index (χ3n) is 4.41. The van der Waals surface area contributed by atoms with Crippen molar-refractivity contribution < 1.29 is 4.74 Å². The summed E-state index contributed by atoms with van der Waals surface area (Å²) in [6, 6.07) is 25.2. The van der Waals surface area contributed by atoms with Crippen LogP contribution in [0.2, 0.25) is 0 Å². The van der Waals surface area contributed by atoms with Crippen LogP contribution in [0.4, 0.5) is 17.1 Å². The van der Waals surface area contributed by atoms with Crippen LogP contribution in [0, 0.1) is 0 Å². The lowest BCUT2D eigenvalue weighted by Gasteiger charge is -2.34. The Kier molecular flexibility index (Phi) is 5.03. The van der Waals surface area contributed by atoms with Crippen molar-refractivity contribution in [2.75, 3.05) is 4.90 Å². The van der Waals surface area contributed by atoms with Crippen molar-refractivity contribution in [3.63, 3.8) is 0 Å². The van der Waals surface area contributed by atoms with Crippen LogP contribution in [0.5, 0.6) is 11.5 Å². The third-order valence-corrected chi connectivity index (χ3v) is 4.41. The van der Waals surface area contributed by atoms with E-state index in [1.165, 1.54) is 5.56 Å². The molecule has 134 valence electrons. The van der Waals surface area contributed by atoms with Gasteiger partial charge in [-0.05, 0) is 47.4 Å². The van der Waals surface area contributed by atoms with Gasteiger partial charge in [0.15, 0.2) is 11.5 Å². The molecule has 0 amide bonds. The summed E-state index contributed by atoms with van der Waals surface area (Å²) < 4.78 is 6.22. The molecule has 0 spiro atoms. The standard InChI is InChI=1S/C22H21NO.C2H6/c1-22(2,3)16-13-14-19-21(15-16)24-20-12-8-7-11-18(20)23(19)17-9-5-4-6-10-17;1-2/h4-15H,1-3H3;1-2H3. The van der Waals surface area contributed by atoms with Crippen molar-refractivity contribution in [1.29, 1.82) is 0 Å². The number of rotatable bonds is 1. The quantitative estimate of drug-likeness (QED) is 0.352. The second-order valence-corrected chi connectivity index (χ2v) is 7.17. The molecule has 3 aromatic rings. The van der Waals surface area contributed by atoms with Crippen LogP contribution in [-0.2, 0) is 5.41 Å². The largest absolute Gasteiger partial charge is 0.453 e. The Morgan fingerprint density at radius 3 is 2.00 bits per heavy atom. The van der Waals surface area contributed by atoms with Crippen LogP contribution in [-0.4, -0.2) is 0 Å². The maximum absolute atomic E-state index is 6.22. The van der Waals surface area contributed by atoms with Crippen molar-refractivity contribution in [1.82, 2.24) is 0 Å². The van der Waals surface area contributed by atoms with Crippen molar-refractivity contribution in [2.24, 2.45) is 0 Å². The molecule has 2 nitrogen and oxygen atoms in total. The number of para-hydroxylation sites is 3. The number of fused-ring (bicyclic) bond motifs is 2. The smallest absolute Gasteiger partial charge is 0.151 e. The summed E-state index contributed by atoms with van der Waals surface area (Å²) in [5.74, 6) is 1.80. The zero-order valence-corrected chi connectivity index (χ0v) is 16.3. The fourth-order valence-electron chi connectivity index (χ4n) is 3.08. The minimum atomic E-state index is 0.0902. The van der Waals surface area contributed by atoms with Gasteiger partial charge in [-0.1, -0.05) is 71.0 Å². The highest BCUT2D eigenvalue weighted by atomic mass is 16.5. The van der Waals surface area contributed by atoms with Gasteiger partial charge in [0, 0.05) is 5.69 Å². The summed E-state index contributed by atoms with van der Waals surface area (Å²) in [4.78, 5) is 2.26. The van der Waals surface area contributed by atoms with Gasteiger partial charge in [-0.2, -0.15) is 0 Å². The Bertz CT molecular complexity index is 878. The van der Waals surface area contributed by atoms with Gasteiger partial charge < -0.3 is 9.64 Å². The van der Waals surface area contributed by atoms with Crippen LogP contribution >= 0.6 is 0 Å². The minimum Gasteiger partial charge on any atom is -0.453 e. The molecule has 0 fully saturated rings. The molecule has 0 saturated carbocycles. The molecule has 0 aromatic heterocycles. The van der Waals surface area contributed by atoms with Crippen LogP contribution in [0.1, 0.15) is 40.2 Å². The van der Waals surface area contributed by atoms with Crippen molar-refractivity contribution in [2.45, 2.75) is 40.0 Å². The highest BCUT2D eigenvalue weighted by molar-refractivity contribution is 5.86. The molecular formula is C24H27NO. The fourth-order valence-corrected chi connectivity index (χ4v) is 3.08. The van der Waals surface area contributed by atoms with Crippen LogP contribution in [0.25, 0.3) is 0 Å². The van der Waals surface area contributed by atoms with E-state index in [1.54, 1.807) is 0 Å². The zero-order chi connectivity index (χ0) is 18.7. The Hall–Kier alpha value is -2.74. The monoisotopic (exact) mass is 345 g/mol. The van der Waals surface area contributed by atoms with Crippen LogP contribution in [0.3, 0.4) is 0 Å². The fraction of sp³-hybridized carbons (Fsp3) is 0.250. The molecule has 4 rings (SSSR count). The normalized spacial score (nSPS) is 12.3.